The van der Waals surface area contributed by atoms with E-state index in [9.17, 15) is 4.79 Å². The van der Waals surface area contributed by atoms with Gasteiger partial charge < -0.3 is 15.8 Å². The smallest absolute Gasteiger partial charge is 0.241 e. The minimum Gasteiger partial charge on any atom is -0.385 e. The Bertz CT molecular complexity index is 616. The Morgan fingerprint density at radius 1 is 1.30 bits per heavy atom. The van der Waals surface area contributed by atoms with Gasteiger partial charge in [-0.15, -0.1) is 0 Å². The van der Waals surface area contributed by atoms with Crippen molar-refractivity contribution in [3.8, 4) is 0 Å². The maximum Gasteiger partial charge on any atom is 0.241 e. The van der Waals surface area contributed by atoms with Crippen molar-refractivity contribution >= 4 is 38.3 Å². The van der Waals surface area contributed by atoms with Crippen LogP contribution in [0.4, 0.5) is 5.69 Å². The standard InChI is InChI=1S/C15H17BrN2O2/c1-20-7-6-14(17)15(19)18-13-5-3-10-8-12(16)4-2-11(10)9-13/h2-5,8-9,14H,6-7,17H2,1H3,(H,18,19). The van der Waals surface area contributed by atoms with Gasteiger partial charge in [-0.1, -0.05) is 28.1 Å². The summed E-state index contributed by atoms with van der Waals surface area (Å²) in [5.74, 6) is -0.196. The number of nitrogens with two attached hydrogens (primary N) is 1. The van der Waals surface area contributed by atoms with Crippen molar-refractivity contribution in [1.82, 2.24) is 0 Å². The minimum absolute atomic E-state index is 0.196. The highest BCUT2D eigenvalue weighted by Crippen LogP contribution is 2.23. The zero-order chi connectivity index (χ0) is 14.5. The van der Waals surface area contributed by atoms with Gasteiger partial charge in [0.2, 0.25) is 5.91 Å². The lowest BCUT2D eigenvalue weighted by molar-refractivity contribution is -0.117. The van der Waals surface area contributed by atoms with Gasteiger partial charge in [-0.05, 0) is 41.5 Å². The summed E-state index contributed by atoms with van der Waals surface area (Å²) in [5.41, 5.74) is 6.53. The Balaban J connectivity index is 2.09. The Morgan fingerprint density at radius 2 is 2.00 bits per heavy atom. The third-order valence-electron chi connectivity index (χ3n) is 3.04. The summed E-state index contributed by atoms with van der Waals surface area (Å²) in [6.07, 6.45) is 0.503. The number of anilines is 1. The van der Waals surface area contributed by atoms with Crippen LogP contribution in [0.5, 0.6) is 0 Å². The Hall–Kier alpha value is -1.43. The van der Waals surface area contributed by atoms with Crippen LogP contribution in [-0.2, 0) is 9.53 Å². The summed E-state index contributed by atoms with van der Waals surface area (Å²) in [5, 5.41) is 5.00. The number of amides is 1. The summed E-state index contributed by atoms with van der Waals surface area (Å²) in [6.45, 7) is 0.473. The number of hydrogen-bond acceptors (Lipinski definition) is 3. The molecule has 0 aliphatic carbocycles. The third kappa shape index (κ3) is 3.79. The molecule has 2 aromatic rings. The zero-order valence-electron chi connectivity index (χ0n) is 11.2. The van der Waals surface area contributed by atoms with E-state index in [1.54, 1.807) is 7.11 Å². The number of halogens is 1. The van der Waals surface area contributed by atoms with Gasteiger partial charge in [0.1, 0.15) is 0 Å². The van der Waals surface area contributed by atoms with E-state index in [4.69, 9.17) is 10.5 Å². The minimum atomic E-state index is -0.560. The monoisotopic (exact) mass is 336 g/mol. The molecule has 5 heteroatoms. The van der Waals surface area contributed by atoms with E-state index < -0.39 is 6.04 Å². The number of nitrogens with one attached hydrogen (secondary N) is 1. The Labute approximate surface area is 126 Å². The molecule has 1 amide bonds. The lowest BCUT2D eigenvalue weighted by Crippen LogP contribution is -2.36. The highest BCUT2D eigenvalue weighted by molar-refractivity contribution is 9.10. The van der Waals surface area contributed by atoms with Crippen LogP contribution < -0.4 is 11.1 Å². The third-order valence-corrected chi connectivity index (χ3v) is 3.53. The van der Waals surface area contributed by atoms with Crippen LogP contribution in [0.3, 0.4) is 0 Å². The first-order valence-electron chi connectivity index (χ1n) is 6.35. The molecule has 1 unspecified atom stereocenters. The van der Waals surface area contributed by atoms with E-state index >= 15 is 0 Å². The highest BCUT2D eigenvalue weighted by Gasteiger charge is 2.13. The van der Waals surface area contributed by atoms with Crippen LogP contribution >= 0.6 is 15.9 Å². The van der Waals surface area contributed by atoms with Crippen LogP contribution in [0.15, 0.2) is 40.9 Å². The van der Waals surface area contributed by atoms with Crippen molar-refractivity contribution in [2.45, 2.75) is 12.5 Å². The second-order valence-electron chi connectivity index (χ2n) is 4.58. The van der Waals surface area contributed by atoms with E-state index in [1.807, 2.05) is 36.4 Å². The van der Waals surface area contributed by atoms with Gasteiger partial charge in [0.15, 0.2) is 0 Å². The number of carbonyl (C=O) groups is 1. The fourth-order valence-electron chi connectivity index (χ4n) is 1.91. The molecule has 0 saturated heterocycles. The van der Waals surface area contributed by atoms with Gasteiger partial charge in [-0.2, -0.15) is 0 Å². The van der Waals surface area contributed by atoms with Crippen LogP contribution in [0.25, 0.3) is 10.8 Å². The first kappa shape index (κ1) is 15.0. The number of benzene rings is 2. The van der Waals surface area contributed by atoms with Crippen LogP contribution in [-0.4, -0.2) is 25.7 Å². The fraction of sp³-hybridized carbons (Fsp3) is 0.267. The normalized spacial score (nSPS) is 12.3. The molecule has 2 aromatic carbocycles. The fourth-order valence-corrected chi connectivity index (χ4v) is 2.28. The van der Waals surface area contributed by atoms with E-state index in [1.165, 1.54) is 0 Å². The van der Waals surface area contributed by atoms with Crippen molar-refractivity contribution in [2.75, 3.05) is 19.0 Å². The number of fused-ring (bicyclic) bond motifs is 1. The molecule has 0 aliphatic rings. The number of hydrogen-bond donors (Lipinski definition) is 2. The van der Waals surface area contributed by atoms with Crippen molar-refractivity contribution in [3.63, 3.8) is 0 Å². The summed E-state index contributed by atoms with van der Waals surface area (Å²) < 4.78 is 5.95. The first-order valence-corrected chi connectivity index (χ1v) is 7.14. The molecule has 0 aliphatic heterocycles. The van der Waals surface area contributed by atoms with E-state index in [0.29, 0.717) is 13.0 Å². The largest absolute Gasteiger partial charge is 0.385 e. The Kier molecular flexibility index (Phi) is 5.11. The van der Waals surface area contributed by atoms with Crippen molar-refractivity contribution in [1.29, 1.82) is 0 Å². The second-order valence-corrected chi connectivity index (χ2v) is 5.50. The van der Waals surface area contributed by atoms with Gasteiger partial charge in [-0.3, -0.25) is 4.79 Å². The quantitative estimate of drug-likeness (QED) is 0.882. The molecule has 3 N–H and O–H groups in total. The van der Waals surface area contributed by atoms with Gasteiger partial charge in [0.25, 0.3) is 0 Å². The molecule has 2 rings (SSSR count). The zero-order valence-corrected chi connectivity index (χ0v) is 12.8. The number of rotatable bonds is 5. The van der Waals surface area contributed by atoms with E-state index in [2.05, 4.69) is 21.2 Å². The summed E-state index contributed by atoms with van der Waals surface area (Å²) in [7, 11) is 1.59. The lowest BCUT2D eigenvalue weighted by Gasteiger charge is -2.12. The molecular weight excluding hydrogens is 320 g/mol. The topological polar surface area (TPSA) is 64.3 Å². The molecule has 0 fully saturated rings. The lowest BCUT2D eigenvalue weighted by atomic mass is 10.1. The highest BCUT2D eigenvalue weighted by atomic mass is 79.9. The molecule has 4 nitrogen and oxygen atoms in total. The SMILES string of the molecule is COCCC(N)C(=O)Nc1ccc2cc(Br)ccc2c1. The molecule has 1 atom stereocenters. The van der Waals surface area contributed by atoms with Crippen molar-refractivity contribution in [2.24, 2.45) is 5.73 Å². The first-order chi connectivity index (χ1) is 9.60. The number of ether oxygens (including phenoxy) is 1. The molecular formula is C15H17BrN2O2. The van der Waals surface area contributed by atoms with Gasteiger partial charge >= 0.3 is 0 Å². The summed E-state index contributed by atoms with van der Waals surface area (Å²) in [6, 6.07) is 11.2. The maximum absolute atomic E-state index is 11.9. The average Bonchev–Trinajstić information content (AvgIpc) is 2.44. The predicted octanol–water partition coefficient (Wildman–Crippen LogP) is 2.90. The average molecular weight is 337 g/mol. The van der Waals surface area contributed by atoms with Crippen LogP contribution in [0, 0.1) is 0 Å². The number of carbonyl (C=O) groups excluding carboxylic acids is 1. The molecule has 0 heterocycles. The van der Waals surface area contributed by atoms with Crippen LogP contribution in [0.1, 0.15) is 6.42 Å². The van der Waals surface area contributed by atoms with Gasteiger partial charge in [-0.25, -0.2) is 0 Å². The number of methoxy groups -OCH3 is 1. The summed E-state index contributed by atoms with van der Waals surface area (Å²) >= 11 is 3.44. The molecule has 0 aromatic heterocycles. The van der Waals surface area contributed by atoms with E-state index in [0.717, 1.165) is 20.9 Å². The molecule has 106 valence electrons. The predicted molar refractivity (Wildman–Crippen MR) is 84.7 cm³/mol. The molecule has 0 radical (unpaired) electrons. The molecule has 0 saturated carbocycles. The van der Waals surface area contributed by atoms with E-state index in [-0.39, 0.29) is 5.91 Å². The van der Waals surface area contributed by atoms with Gasteiger partial charge in [0, 0.05) is 23.9 Å². The van der Waals surface area contributed by atoms with Crippen molar-refractivity contribution in [3.05, 3.63) is 40.9 Å². The van der Waals surface area contributed by atoms with Gasteiger partial charge in [0.05, 0.1) is 6.04 Å². The molecule has 20 heavy (non-hydrogen) atoms. The molecule has 0 spiro atoms. The molecule has 0 bridgehead atoms. The maximum atomic E-state index is 11.9. The van der Waals surface area contributed by atoms with Crippen LogP contribution in [0.2, 0.25) is 0 Å². The second kappa shape index (κ2) is 6.83. The summed E-state index contributed by atoms with van der Waals surface area (Å²) in [4.78, 5) is 11.9. The van der Waals surface area contributed by atoms with Crippen molar-refractivity contribution < 1.29 is 9.53 Å². The Morgan fingerprint density at radius 3 is 2.75 bits per heavy atom.